The number of benzene rings is 2. The fraction of sp³-hybridized carbons (Fsp3) is 0.353. The molecular weight excluding hydrogens is 264 g/mol. The Balaban J connectivity index is 2.10. The van der Waals surface area contributed by atoms with E-state index in [1.807, 2.05) is 31.1 Å². The molecule has 0 amide bonds. The lowest BCUT2D eigenvalue weighted by Crippen LogP contribution is -2.35. The predicted octanol–water partition coefficient (Wildman–Crippen LogP) is 2.29. The lowest BCUT2D eigenvalue weighted by atomic mass is 10.1. The van der Waals surface area contributed by atoms with E-state index in [1.165, 1.54) is 10.8 Å². The maximum Gasteiger partial charge on any atom is 0.317 e. The molecular formula is C17H22N2O2. The van der Waals surface area contributed by atoms with Crippen molar-refractivity contribution in [3.8, 4) is 0 Å². The van der Waals surface area contributed by atoms with E-state index in [0.29, 0.717) is 6.54 Å². The second-order valence-corrected chi connectivity index (χ2v) is 5.59. The second kappa shape index (κ2) is 7.20. The van der Waals surface area contributed by atoms with Gasteiger partial charge in [-0.1, -0.05) is 36.4 Å². The van der Waals surface area contributed by atoms with Crippen LogP contribution in [0.3, 0.4) is 0 Å². The van der Waals surface area contributed by atoms with Crippen LogP contribution in [-0.4, -0.2) is 54.6 Å². The van der Waals surface area contributed by atoms with Crippen molar-refractivity contribution in [3.63, 3.8) is 0 Å². The molecule has 0 aliphatic carbocycles. The van der Waals surface area contributed by atoms with Crippen LogP contribution in [0.15, 0.2) is 42.5 Å². The van der Waals surface area contributed by atoms with Crippen LogP contribution < -0.4 is 0 Å². The van der Waals surface area contributed by atoms with Crippen molar-refractivity contribution in [2.75, 3.05) is 33.7 Å². The average Bonchev–Trinajstić information content (AvgIpc) is 2.44. The molecule has 1 N–H and O–H groups in total. The number of nitrogens with zero attached hydrogens (tertiary/aromatic N) is 2. The number of fused-ring (bicyclic) bond motifs is 1. The number of rotatable bonds is 7. The summed E-state index contributed by atoms with van der Waals surface area (Å²) in [5, 5.41) is 11.4. The molecule has 0 aromatic heterocycles. The molecule has 0 aliphatic rings. The summed E-state index contributed by atoms with van der Waals surface area (Å²) < 4.78 is 0. The largest absolute Gasteiger partial charge is 0.480 e. The molecule has 0 bridgehead atoms. The molecule has 2 aromatic rings. The summed E-state index contributed by atoms with van der Waals surface area (Å²) >= 11 is 0. The molecule has 0 atom stereocenters. The zero-order chi connectivity index (χ0) is 15.2. The van der Waals surface area contributed by atoms with E-state index in [0.717, 1.165) is 18.7 Å². The van der Waals surface area contributed by atoms with Gasteiger partial charge in [-0.3, -0.25) is 9.69 Å². The van der Waals surface area contributed by atoms with Gasteiger partial charge in [-0.25, -0.2) is 0 Å². The predicted molar refractivity (Wildman–Crippen MR) is 85.4 cm³/mol. The molecule has 4 heteroatoms. The Hall–Kier alpha value is -1.91. The summed E-state index contributed by atoms with van der Waals surface area (Å²) in [4.78, 5) is 15.0. The standard InChI is InChI=1S/C17H22N2O2/c1-18(2)9-10-19(13-17(20)21)12-14-7-8-15-5-3-4-6-16(15)11-14/h3-8,11H,9-10,12-13H2,1-2H3,(H,20,21). The molecule has 21 heavy (non-hydrogen) atoms. The Labute approximate surface area is 125 Å². The third-order valence-corrected chi connectivity index (χ3v) is 3.44. The van der Waals surface area contributed by atoms with Gasteiger partial charge in [-0.05, 0) is 36.5 Å². The number of hydrogen-bond acceptors (Lipinski definition) is 3. The summed E-state index contributed by atoms with van der Waals surface area (Å²) in [6.07, 6.45) is 0. The average molecular weight is 286 g/mol. The van der Waals surface area contributed by atoms with Crippen molar-refractivity contribution in [1.82, 2.24) is 9.80 Å². The van der Waals surface area contributed by atoms with Gasteiger partial charge in [-0.15, -0.1) is 0 Å². The number of aliphatic carboxylic acids is 1. The first-order valence-corrected chi connectivity index (χ1v) is 7.11. The molecule has 112 valence electrons. The number of likely N-dealkylation sites (N-methyl/N-ethyl adjacent to an activating group) is 1. The highest BCUT2D eigenvalue weighted by atomic mass is 16.4. The van der Waals surface area contributed by atoms with E-state index in [4.69, 9.17) is 5.11 Å². The molecule has 0 saturated heterocycles. The Bertz CT molecular complexity index is 611. The van der Waals surface area contributed by atoms with Gasteiger partial charge in [0.1, 0.15) is 0 Å². The van der Waals surface area contributed by atoms with Gasteiger partial charge in [0.25, 0.3) is 0 Å². The minimum absolute atomic E-state index is 0.0701. The number of hydrogen-bond donors (Lipinski definition) is 1. The molecule has 0 radical (unpaired) electrons. The molecule has 4 nitrogen and oxygen atoms in total. The first-order chi connectivity index (χ1) is 10.0. The monoisotopic (exact) mass is 286 g/mol. The first kappa shape index (κ1) is 15.5. The zero-order valence-electron chi connectivity index (χ0n) is 12.6. The van der Waals surface area contributed by atoms with Crippen molar-refractivity contribution in [2.24, 2.45) is 0 Å². The van der Waals surface area contributed by atoms with Gasteiger partial charge in [0, 0.05) is 19.6 Å². The van der Waals surface area contributed by atoms with Crippen LogP contribution in [0.2, 0.25) is 0 Å². The highest BCUT2D eigenvalue weighted by Gasteiger charge is 2.11. The maximum atomic E-state index is 11.0. The van der Waals surface area contributed by atoms with Gasteiger partial charge in [-0.2, -0.15) is 0 Å². The fourth-order valence-corrected chi connectivity index (χ4v) is 2.34. The quantitative estimate of drug-likeness (QED) is 0.848. The van der Waals surface area contributed by atoms with Crippen LogP contribution >= 0.6 is 0 Å². The SMILES string of the molecule is CN(C)CCN(CC(=O)O)Cc1ccc2ccccc2c1. The third kappa shape index (κ3) is 4.85. The summed E-state index contributed by atoms with van der Waals surface area (Å²) in [5.74, 6) is -0.783. The van der Waals surface area contributed by atoms with Crippen LogP contribution in [0.25, 0.3) is 10.8 Å². The molecule has 0 aliphatic heterocycles. The van der Waals surface area contributed by atoms with Crippen LogP contribution in [-0.2, 0) is 11.3 Å². The molecule has 2 rings (SSSR count). The molecule has 0 fully saturated rings. The maximum absolute atomic E-state index is 11.0. The minimum atomic E-state index is -0.783. The number of carboxylic acid groups (broad SMARTS) is 1. The minimum Gasteiger partial charge on any atom is -0.480 e. The van der Waals surface area contributed by atoms with E-state index >= 15 is 0 Å². The van der Waals surface area contributed by atoms with E-state index in [2.05, 4.69) is 35.2 Å². The summed E-state index contributed by atoms with van der Waals surface area (Å²) in [6.45, 7) is 2.32. The van der Waals surface area contributed by atoms with Crippen molar-refractivity contribution < 1.29 is 9.90 Å². The van der Waals surface area contributed by atoms with Gasteiger partial charge in [0.15, 0.2) is 0 Å². The lowest BCUT2D eigenvalue weighted by molar-refractivity contribution is -0.138. The Morgan fingerprint density at radius 1 is 1.05 bits per heavy atom. The molecule has 2 aromatic carbocycles. The molecule has 0 spiro atoms. The Morgan fingerprint density at radius 2 is 1.76 bits per heavy atom. The molecule has 0 unspecified atom stereocenters. The van der Waals surface area contributed by atoms with Gasteiger partial charge in [0.2, 0.25) is 0 Å². The van der Waals surface area contributed by atoms with Crippen molar-refractivity contribution in [3.05, 3.63) is 48.0 Å². The fourth-order valence-electron chi connectivity index (χ4n) is 2.34. The molecule has 0 saturated carbocycles. The number of carbonyl (C=O) groups is 1. The van der Waals surface area contributed by atoms with E-state index < -0.39 is 5.97 Å². The van der Waals surface area contributed by atoms with E-state index in [9.17, 15) is 4.79 Å². The topological polar surface area (TPSA) is 43.8 Å². The van der Waals surface area contributed by atoms with Crippen molar-refractivity contribution in [2.45, 2.75) is 6.54 Å². The Kier molecular flexibility index (Phi) is 5.31. The van der Waals surface area contributed by atoms with Crippen LogP contribution in [0, 0.1) is 0 Å². The molecule has 0 heterocycles. The van der Waals surface area contributed by atoms with Crippen LogP contribution in [0.1, 0.15) is 5.56 Å². The number of carboxylic acids is 1. The van der Waals surface area contributed by atoms with Crippen molar-refractivity contribution >= 4 is 16.7 Å². The lowest BCUT2D eigenvalue weighted by Gasteiger charge is -2.22. The zero-order valence-corrected chi connectivity index (χ0v) is 12.6. The highest BCUT2D eigenvalue weighted by molar-refractivity contribution is 5.83. The van der Waals surface area contributed by atoms with Crippen molar-refractivity contribution in [1.29, 1.82) is 0 Å². The van der Waals surface area contributed by atoms with Crippen LogP contribution in [0.4, 0.5) is 0 Å². The van der Waals surface area contributed by atoms with E-state index in [1.54, 1.807) is 0 Å². The van der Waals surface area contributed by atoms with Crippen LogP contribution in [0.5, 0.6) is 0 Å². The third-order valence-electron chi connectivity index (χ3n) is 3.44. The summed E-state index contributed by atoms with van der Waals surface area (Å²) in [5.41, 5.74) is 1.15. The normalized spacial score (nSPS) is 11.4. The Morgan fingerprint density at radius 3 is 2.43 bits per heavy atom. The van der Waals surface area contributed by atoms with Gasteiger partial charge >= 0.3 is 5.97 Å². The highest BCUT2D eigenvalue weighted by Crippen LogP contribution is 2.16. The summed E-state index contributed by atoms with van der Waals surface area (Å²) in [6, 6.07) is 14.5. The van der Waals surface area contributed by atoms with Gasteiger partial charge in [0.05, 0.1) is 6.54 Å². The first-order valence-electron chi connectivity index (χ1n) is 7.11. The smallest absolute Gasteiger partial charge is 0.317 e. The second-order valence-electron chi connectivity index (χ2n) is 5.59. The van der Waals surface area contributed by atoms with E-state index in [-0.39, 0.29) is 6.54 Å². The van der Waals surface area contributed by atoms with Gasteiger partial charge < -0.3 is 10.0 Å². The summed E-state index contributed by atoms with van der Waals surface area (Å²) in [7, 11) is 3.99.